The van der Waals surface area contributed by atoms with Gasteiger partial charge in [-0.2, -0.15) is 0 Å². The summed E-state index contributed by atoms with van der Waals surface area (Å²) in [5.74, 6) is 0.623. The van der Waals surface area contributed by atoms with Gasteiger partial charge in [0.1, 0.15) is 0 Å². The Morgan fingerprint density at radius 1 is 1.29 bits per heavy atom. The molecule has 0 radical (unpaired) electrons. The number of carbonyl (C=O) groups is 1. The Bertz CT molecular complexity index is 181. The molecule has 2 nitrogen and oxygen atoms in total. The fraction of sp³-hybridized carbons (Fsp3) is 0.917. The van der Waals surface area contributed by atoms with Crippen LogP contribution in [0, 0.1) is 17.8 Å². The van der Waals surface area contributed by atoms with E-state index in [1.165, 1.54) is 19.3 Å². The van der Waals surface area contributed by atoms with Gasteiger partial charge in [0.25, 0.3) is 0 Å². The first-order valence-corrected chi connectivity index (χ1v) is 5.91. The Hall–Kier alpha value is -0.530. The lowest BCUT2D eigenvalue weighted by Crippen LogP contribution is -2.27. The van der Waals surface area contributed by atoms with E-state index in [0.29, 0.717) is 5.92 Å². The Morgan fingerprint density at radius 3 is 2.21 bits per heavy atom. The van der Waals surface area contributed by atoms with E-state index in [1.54, 1.807) is 0 Å². The van der Waals surface area contributed by atoms with Gasteiger partial charge >= 0.3 is 5.97 Å². The van der Waals surface area contributed by atoms with Crippen LogP contribution in [0.15, 0.2) is 0 Å². The number of hydrogen-bond acceptors (Lipinski definition) is 1. The summed E-state index contributed by atoms with van der Waals surface area (Å²) in [6, 6.07) is 0. The molecule has 1 saturated carbocycles. The molecule has 14 heavy (non-hydrogen) atoms. The summed E-state index contributed by atoms with van der Waals surface area (Å²) in [5.41, 5.74) is 0. The van der Waals surface area contributed by atoms with E-state index in [4.69, 9.17) is 5.11 Å². The molecule has 1 aliphatic rings. The summed E-state index contributed by atoms with van der Waals surface area (Å²) in [5, 5.41) is 9.05. The van der Waals surface area contributed by atoms with Gasteiger partial charge in [-0.15, -0.1) is 0 Å². The number of aliphatic carboxylic acids is 1. The highest BCUT2D eigenvalue weighted by Gasteiger charge is 2.29. The van der Waals surface area contributed by atoms with Crippen LogP contribution in [0.3, 0.4) is 0 Å². The molecule has 1 N–H and O–H groups in total. The van der Waals surface area contributed by atoms with E-state index in [0.717, 1.165) is 25.2 Å². The molecule has 0 heterocycles. The van der Waals surface area contributed by atoms with Gasteiger partial charge in [-0.05, 0) is 31.1 Å². The molecule has 0 aromatic rings. The third-order valence-electron chi connectivity index (χ3n) is 3.79. The summed E-state index contributed by atoms with van der Waals surface area (Å²) in [4.78, 5) is 11.0. The Balaban J connectivity index is 2.43. The maximum absolute atomic E-state index is 11.0. The second kappa shape index (κ2) is 5.38. The van der Waals surface area contributed by atoms with Crippen molar-refractivity contribution >= 4 is 5.97 Å². The maximum atomic E-state index is 11.0. The van der Waals surface area contributed by atoms with Gasteiger partial charge in [0.15, 0.2) is 0 Å². The van der Waals surface area contributed by atoms with Crippen LogP contribution < -0.4 is 0 Å². The predicted molar refractivity (Wildman–Crippen MR) is 57.2 cm³/mol. The molecule has 1 fully saturated rings. The van der Waals surface area contributed by atoms with Crippen LogP contribution >= 0.6 is 0 Å². The molecule has 0 spiro atoms. The summed E-state index contributed by atoms with van der Waals surface area (Å²) in [7, 11) is 0. The van der Waals surface area contributed by atoms with Gasteiger partial charge in [0, 0.05) is 0 Å². The van der Waals surface area contributed by atoms with Crippen LogP contribution in [-0.4, -0.2) is 11.1 Å². The van der Waals surface area contributed by atoms with Crippen molar-refractivity contribution in [3.05, 3.63) is 0 Å². The van der Waals surface area contributed by atoms with Gasteiger partial charge in [0.05, 0.1) is 5.92 Å². The predicted octanol–water partition coefficient (Wildman–Crippen LogP) is 3.31. The van der Waals surface area contributed by atoms with Crippen LogP contribution in [-0.2, 0) is 4.79 Å². The van der Waals surface area contributed by atoms with Gasteiger partial charge in [-0.25, -0.2) is 0 Å². The second-order valence-corrected chi connectivity index (χ2v) is 4.54. The third kappa shape index (κ3) is 2.73. The number of rotatable bonds is 4. The van der Waals surface area contributed by atoms with Gasteiger partial charge in [0.2, 0.25) is 0 Å². The molecule has 0 saturated heterocycles. The SMILES string of the molecule is CCC1CCC(C(CC)C(=O)O)CC1. The molecule has 0 aromatic carbocycles. The van der Waals surface area contributed by atoms with Crippen molar-refractivity contribution in [3.63, 3.8) is 0 Å². The first-order chi connectivity index (χ1) is 6.69. The first kappa shape index (κ1) is 11.5. The number of carboxylic acid groups (broad SMARTS) is 1. The van der Waals surface area contributed by atoms with Crippen LogP contribution in [0.5, 0.6) is 0 Å². The van der Waals surface area contributed by atoms with E-state index in [1.807, 2.05) is 6.92 Å². The van der Waals surface area contributed by atoms with Crippen molar-refractivity contribution < 1.29 is 9.90 Å². The molecule has 1 unspecified atom stereocenters. The quantitative estimate of drug-likeness (QED) is 0.752. The minimum Gasteiger partial charge on any atom is -0.481 e. The lowest BCUT2D eigenvalue weighted by Gasteiger charge is -2.31. The molecular formula is C12H22O2. The van der Waals surface area contributed by atoms with Gasteiger partial charge in [-0.3, -0.25) is 4.79 Å². The van der Waals surface area contributed by atoms with E-state index in [2.05, 4.69) is 6.92 Å². The zero-order valence-electron chi connectivity index (χ0n) is 9.33. The van der Waals surface area contributed by atoms with Crippen molar-refractivity contribution in [1.82, 2.24) is 0 Å². The highest BCUT2D eigenvalue weighted by Crippen LogP contribution is 2.35. The van der Waals surface area contributed by atoms with Crippen LogP contribution in [0.25, 0.3) is 0 Å². The fourth-order valence-electron chi connectivity index (χ4n) is 2.71. The summed E-state index contributed by atoms with van der Waals surface area (Å²) >= 11 is 0. The van der Waals surface area contributed by atoms with E-state index in [-0.39, 0.29) is 5.92 Å². The minimum absolute atomic E-state index is 0.0900. The fourth-order valence-corrected chi connectivity index (χ4v) is 2.71. The molecular weight excluding hydrogens is 176 g/mol. The standard InChI is InChI=1S/C12H22O2/c1-3-9-5-7-10(8-6-9)11(4-2)12(13)14/h9-11H,3-8H2,1-2H3,(H,13,14). The van der Waals surface area contributed by atoms with Gasteiger partial charge < -0.3 is 5.11 Å². The maximum Gasteiger partial charge on any atom is 0.306 e. The van der Waals surface area contributed by atoms with E-state index >= 15 is 0 Å². The summed E-state index contributed by atoms with van der Waals surface area (Å²) in [6.45, 7) is 4.23. The molecule has 2 heteroatoms. The molecule has 1 aliphatic carbocycles. The lowest BCUT2D eigenvalue weighted by atomic mass is 9.74. The Kier molecular flexibility index (Phi) is 4.43. The molecule has 1 atom stereocenters. The monoisotopic (exact) mass is 198 g/mol. The molecule has 0 amide bonds. The highest BCUT2D eigenvalue weighted by molar-refractivity contribution is 5.70. The summed E-state index contributed by atoms with van der Waals surface area (Å²) in [6.07, 6.45) is 6.79. The summed E-state index contributed by atoms with van der Waals surface area (Å²) < 4.78 is 0. The van der Waals surface area contributed by atoms with E-state index in [9.17, 15) is 4.79 Å². The normalized spacial score (nSPS) is 29.9. The minimum atomic E-state index is -0.590. The van der Waals surface area contributed by atoms with Gasteiger partial charge in [-0.1, -0.05) is 33.1 Å². The number of hydrogen-bond donors (Lipinski definition) is 1. The van der Waals surface area contributed by atoms with Crippen molar-refractivity contribution in [2.75, 3.05) is 0 Å². The molecule has 0 bridgehead atoms. The zero-order chi connectivity index (χ0) is 10.6. The second-order valence-electron chi connectivity index (χ2n) is 4.54. The molecule has 82 valence electrons. The largest absolute Gasteiger partial charge is 0.481 e. The first-order valence-electron chi connectivity index (χ1n) is 5.91. The third-order valence-corrected chi connectivity index (χ3v) is 3.79. The van der Waals surface area contributed by atoms with Crippen LogP contribution in [0.1, 0.15) is 52.4 Å². The van der Waals surface area contributed by atoms with Crippen LogP contribution in [0.2, 0.25) is 0 Å². The van der Waals surface area contributed by atoms with Crippen molar-refractivity contribution in [2.45, 2.75) is 52.4 Å². The van der Waals surface area contributed by atoms with Crippen molar-refractivity contribution in [2.24, 2.45) is 17.8 Å². The van der Waals surface area contributed by atoms with Crippen LogP contribution in [0.4, 0.5) is 0 Å². The average molecular weight is 198 g/mol. The average Bonchev–Trinajstić information content (AvgIpc) is 2.19. The molecule has 0 aliphatic heterocycles. The number of carboxylic acids is 1. The topological polar surface area (TPSA) is 37.3 Å². The molecule has 0 aromatic heterocycles. The zero-order valence-corrected chi connectivity index (χ0v) is 9.33. The Morgan fingerprint density at radius 2 is 1.86 bits per heavy atom. The van der Waals surface area contributed by atoms with E-state index < -0.39 is 5.97 Å². The Labute approximate surface area is 86.7 Å². The van der Waals surface area contributed by atoms with Crippen molar-refractivity contribution in [3.8, 4) is 0 Å². The lowest BCUT2D eigenvalue weighted by molar-refractivity contribution is -0.144. The van der Waals surface area contributed by atoms with Crippen molar-refractivity contribution in [1.29, 1.82) is 0 Å². The smallest absolute Gasteiger partial charge is 0.306 e. The molecule has 1 rings (SSSR count). The highest BCUT2D eigenvalue weighted by atomic mass is 16.4.